The third-order valence-electron chi connectivity index (χ3n) is 6.77. The zero-order valence-corrected chi connectivity index (χ0v) is 20.1. The second-order valence-corrected chi connectivity index (χ2v) is 8.98. The largest absolute Gasteiger partial charge is 0.454 e. The molecule has 0 spiro atoms. The Morgan fingerprint density at radius 3 is 1.75 bits per heavy atom. The molecular formula is C30H26N2O4. The minimum absolute atomic E-state index is 0.214. The lowest BCUT2D eigenvalue weighted by molar-refractivity contribution is -0.0532. The van der Waals surface area contributed by atoms with E-state index in [0.29, 0.717) is 11.1 Å². The molecular weight excluding hydrogens is 452 g/mol. The van der Waals surface area contributed by atoms with Crippen molar-refractivity contribution in [3.63, 3.8) is 0 Å². The highest BCUT2D eigenvalue weighted by Crippen LogP contribution is 2.46. The van der Waals surface area contributed by atoms with Crippen LogP contribution in [0, 0.1) is 6.92 Å². The summed E-state index contributed by atoms with van der Waals surface area (Å²) in [4.78, 5) is 34.5. The molecule has 180 valence electrons. The number of benzene rings is 2. The summed E-state index contributed by atoms with van der Waals surface area (Å²) in [5.41, 5.74) is 4.87. The van der Waals surface area contributed by atoms with Gasteiger partial charge in [-0.2, -0.15) is 0 Å². The van der Waals surface area contributed by atoms with Crippen molar-refractivity contribution in [3.8, 4) is 0 Å². The molecule has 0 radical (unpaired) electrons. The first kappa shape index (κ1) is 23.4. The molecule has 4 aromatic rings. The number of hydrogen-bond donors (Lipinski definition) is 0. The van der Waals surface area contributed by atoms with Gasteiger partial charge in [-0.25, -0.2) is 9.59 Å². The number of hydrogen-bond acceptors (Lipinski definition) is 6. The van der Waals surface area contributed by atoms with Gasteiger partial charge in [0.15, 0.2) is 6.10 Å². The molecule has 36 heavy (non-hydrogen) atoms. The zero-order valence-electron chi connectivity index (χ0n) is 20.1. The lowest BCUT2D eigenvalue weighted by atomic mass is 9.70. The molecule has 0 saturated heterocycles. The van der Waals surface area contributed by atoms with Crippen LogP contribution in [-0.4, -0.2) is 34.1 Å². The third kappa shape index (κ3) is 4.50. The fraction of sp³-hybridized carbons (Fsp3) is 0.200. The quantitative estimate of drug-likeness (QED) is 0.353. The summed E-state index contributed by atoms with van der Waals surface area (Å²) < 4.78 is 12.3. The lowest BCUT2D eigenvalue weighted by Crippen LogP contribution is -2.46. The lowest BCUT2D eigenvalue weighted by Gasteiger charge is -2.42. The molecule has 0 saturated carbocycles. The monoisotopic (exact) mass is 478 g/mol. The molecule has 1 aliphatic rings. The van der Waals surface area contributed by atoms with E-state index in [1.54, 1.807) is 36.7 Å². The van der Waals surface area contributed by atoms with Gasteiger partial charge in [0, 0.05) is 30.7 Å². The minimum Gasteiger partial charge on any atom is -0.454 e. The second-order valence-electron chi connectivity index (χ2n) is 8.98. The van der Waals surface area contributed by atoms with Gasteiger partial charge in [-0.15, -0.1) is 0 Å². The Kier molecular flexibility index (Phi) is 6.58. The first-order valence-electron chi connectivity index (χ1n) is 11.9. The molecule has 0 amide bonds. The van der Waals surface area contributed by atoms with Crippen LogP contribution >= 0.6 is 0 Å². The van der Waals surface area contributed by atoms with Gasteiger partial charge in [0.1, 0.15) is 6.10 Å². The molecule has 0 aliphatic heterocycles. The van der Waals surface area contributed by atoms with E-state index in [4.69, 9.17) is 9.47 Å². The Morgan fingerprint density at radius 2 is 1.19 bits per heavy atom. The molecule has 0 N–H and O–H groups in total. The Hall–Kier alpha value is -4.32. The normalized spacial score (nSPS) is 20.7. The SMILES string of the molecule is Cc1ccccc1[C@H]1c2ccccc2[C@H](C)C(OC(=O)c2cccnc2)C1OC(=O)c1cccnc1. The molecule has 0 fully saturated rings. The van der Waals surface area contributed by atoms with Crippen LogP contribution in [0.1, 0.15) is 61.7 Å². The van der Waals surface area contributed by atoms with E-state index in [1.807, 2.05) is 50.2 Å². The molecule has 5 rings (SSSR count). The highest BCUT2D eigenvalue weighted by Gasteiger charge is 2.46. The smallest absolute Gasteiger partial charge is 0.340 e. The van der Waals surface area contributed by atoms with Crippen molar-refractivity contribution in [1.29, 1.82) is 0 Å². The first-order chi connectivity index (χ1) is 17.5. The average Bonchev–Trinajstić information content (AvgIpc) is 2.92. The summed E-state index contributed by atoms with van der Waals surface area (Å²) in [5, 5.41) is 0. The summed E-state index contributed by atoms with van der Waals surface area (Å²) >= 11 is 0. The topological polar surface area (TPSA) is 78.4 Å². The number of pyridine rings is 2. The number of rotatable bonds is 5. The molecule has 2 heterocycles. The van der Waals surface area contributed by atoms with E-state index in [0.717, 1.165) is 22.3 Å². The van der Waals surface area contributed by atoms with E-state index in [9.17, 15) is 9.59 Å². The molecule has 2 aromatic carbocycles. The minimum atomic E-state index is -0.760. The predicted molar refractivity (Wildman–Crippen MR) is 135 cm³/mol. The maximum Gasteiger partial charge on any atom is 0.340 e. The van der Waals surface area contributed by atoms with Gasteiger partial charge in [-0.3, -0.25) is 9.97 Å². The number of carbonyl (C=O) groups is 2. The van der Waals surface area contributed by atoms with Crippen LogP contribution in [0.2, 0.25) is 0 Å². The molecule has 2 unspecified atom stereocenters. The number of carbonyl (C=O) groups excluding carboxylic acids is 2. The molecule has 0 bridgehead atoms. The molecule has 4 atom stereocenters. The summed E-state index contributed by atoms with van der Waals surface area (Å²) in [6.07, 6.45) is 4.66. The van der Waals surface area contributed by atoms with Gasteiger partial charge in [0.2, 0.25) is 0 Å². The Bertz CT molecular complexity index is 1370. The number of nitrogens with zero attached hydrogens (tertiary/aromatic N) is 2. The number of aryl methyl sites for hydroxylation is 1. The van der Waals surface area contributed by atoms with E-state index in [1.165, 1.54) is 12.4 Å². The molecule has 2 aromatic heterocycles. The van der Waals surface area contributed by atoms with Crippen molar-refractivity contribution >= 4 is 11.9 Å². The van der Waals surface area contributed by atoms with Crippen LogP contribution in [0.3, 0.4) is 0 Å². The standard InChI is InChI=1S/C30H26N2O4/c1-19-9-3-4-12-23(19)26-25-14-6-5-13-24(25)20(2)27(35-29(33)21-10-7-15-31-17-21)28(26)36-30(34)22-11-8-16-32-18-22/h3-18,20,26-28H,1-2H3/t20-,26-,27?,28?/m0/s1. The van der Waals surface area contributed by atoms with Crippen molar-refractivity contribution in [3.05, 3.63) is 131 Å². The molecule has 6 nitrogen and oxygen atoms in total. The fourth-order valence-corrected chi connectivity index (χ4v) is 4.97. The van der Waals surface area contributed by atoms with Crippen LogP contribution in [0.25, 0.3) is 0 Å². The summed E-state index contributed by atoms with van der Waals surface area (Å²) in [5.74, 6) is -1.56. The van der Waals surface area contributed by atoms with Crippen molar-refractivity contribution in [2.75, 3.05) is 0 Å². The number of ether oxygens (including phenoxy) is 2. The van der Waals surface area contributed by atoms with Crippen LogP contribution in [0.4, 0.5) is 0 Å². The maximum atomic E-state index is 13.3. The highest BCUT2D eigenvalue weighted by molar-refractivity contribution is 5.90. The number of esters is 2. The third-order valence-corrected chi connectivity index (χ3v) is 6.77. The van der Waals surface area contributed by atoms with Gasteiger partial charge >= 0.3 is 11.9 Å². The molecule has 6 heteroatoms. The average molecular weight is 479 g/mol. The Balaban J connectivity index is 1.62. The predicted octanol–water partition coefficient (Wildman–Crippen LogP) is 5.49. The van der Waals surface area contributed by atoms with Crippen LogP contribution < -0.4 is 0 Å². The number of fused-ring (bicyclic) bond motifs is 1. The van der Waals surface area contributed by atoms with Gasteiger partial charge in [0.25, 0.3) is 0 Å². The fourth-order valence-electron chi connectivity index (χ4n) is 4.97. The summed E-state index contributed by atoms with van der Waals surface area (Å²) in [6.45, 7) is 4.03. The first-order valence-corrected chi connectivity index (χ1v) is 11.9. The molecule has 1 aliphatic carbocycles. The van der Waals surface area contributed by atoms with Crippen LogP contribution in [-0.2, 0) is 9.47 Å². The summed E-state index contributed by atoms with van der Waals surface area (Å²) in [7, 11) is 0. The van der Waals surface area contributed by atoms with Gasteiger partial charge < -0.3 is 9.47 Å². The zero-order chi connectivity index (χ0) is 25.1. The van der Waals surface area contributed by atoms with Crippen molar-refractivity contribution in [2.45, 2.75) is 37.9 Å². The van der Waals surface area contributed by atoms with E-state index < -0.39 is 24.1 Å². The number of aromatic nitrogens is 2. The van der Waals surface area contributed by atoms with Crippen molar-refractivity contribution < 1.29 is 19.1 Å². The van der Waals surface area contributed by atoms with Gasteiger partial charge in [-0.05, 0) is 53.4 Å². The van der Waals surface area contributed by atoms with E-state index in [2.05, 4.69) is 22.1 Å². The van der Waals surface area contributed by atoms with E-state index in [-0.39, 0.29) is 11.8 Å². The highest BCUT2D eigenvalue weighted by atomic mass is 16.6. The van der Waals surface area contributed by atoms with E-state index >= 15 is 0 Å². The van der Waals surface area contributed by atoms with Gasteiger partial charge in [0.05, 0.1) is 17.0 Å². The van der Waals surface area contributed by atoms with Crippen LogP contribution in [0.15, 0.2) is 97.6 Å². The van der Waals surface area contributed by atoms with Crippen molar-refractivity contribution in [1.82, 2.24) is 9.97 Å². The Morgan fingerprint density at radius 1 is 0.667 bits per heavy atom. The van der Waals surface area contributed by atoms with Crippen LogP contribution in [0.5, 0.6) is 0 Å². The maximum absolute atomic E-state index is 13.3. The Labute approximate surface area is 210 Å². The second kappa shape index (κ2) is 10.1. The van der Waals surface area contributed by atoms with Crippen molar-refractivity contribution in [2.24, 2.45) is 0 Å². The summed E-state index contributed by atoms with van der Waals surface area (Å²) in [6, 6.07) is 22.8. The van der Waals surface area contributed by atoms with Gasteiger partial charge in [-0.1, -0.05) is 55.5 Å².